The van der Waals surface area contributed by atoms with Crippen LogP contribution in [-0.2, 0) is 11.3 Å². The molecule has 2 aromatic rings. The Morgan fingerprint density at radius 3 is 2.91 bits per heavy atom. The van der Waals surface area contributed by atoms with Crippen LogP contribution in [0.25, 0.3) is 0 Å². The molecule has 2 unspecified atom stereocenters. The van der Waals surface area contributed by atoms with Gasteiger partial charge in [-0.05, 0) is 35.4 Å². The largest absolute Gasteiger partial charge is 0.380 e. The summed E-state index contributed by atoms with van der Waals surface area (Å²) in [4.78, 5) is 16.4. The summed E-state index contributed by atoms with van der Waals surface area (Å²) in [5, 5.41) is 3.00. The number of hydrazine groups is 1. The molecule has 1 aromatic heterocycles. The van der Waals surface area contributed by atoms with Gasteiger partial charge in [-0.25, -0.2) is 10.9 Å². The van der Waals surface area contributed by atoms with Crippen molar-refractivity contribution in [2.24, 2.45) is 0 Å². The van der Waals surface area contributed by atoms with Gasteiger partial charge in [0.15, 0.2) is 0 Å². The molecule has 1 saturated heterocycles. The van der Waals surface area contributed by atoms with Gasteiger partial charge in [0.25, 0.3) is 5.91 Å². The average Bonchev–Trinajstić information content (AvgIpc) is 3.05. The van der Waals surface area contributed by atoms with Gasteiger partial charge < -0.3 is 10.1 Å². The van der Waals surface area contributed by atoms with Crippen LogP contribution < -0.4 is 16.2 Å². The van der Waals surface area contributed by atoms with E-state index in [1.807, 2.05) is 30.3 Å². The van der Waals surface area contributed by atoms with Crippen molar-refractivity contribution in [3.63, 3.8) is 0 Å². The number of aromatic nitrogens is 1. The summed E-state index contributed by atoms with van der Waals surface area (Å²) in [5.41, 5.74) is 9.07. The highest BCUT2D eigenvalue weighted by molar-refractivity contribution is 5.94. The van der Waals surface area contributed by atoms with Crippen molar-refractivity contribution in [1.82, 2.24) is 21.2 Å². The number of nitrogens with one attached hydrogen (secondary N) is 3. The Labute approximate surface area is 135 Å². The molecule has 1 aliphatic heterocycles. The lowest BCUT2D eigenvalue weighted by molar-refractivity contribution is 0.0932. The molecule has 0 saturated carbocycles. The Hall–Kier alpha value is -2.28. The van der Waals surface area contributed by atoms with E-state index >= 15 is 0 Å². The third-order valence-electron chi connectivity index (χ3n) is 3.82. The predicted molar refractivity (Wildman–Crippen MR) is 86.3 cm³/mol. The van der Waals surface area contributed by atoms with Crippen LogP contribution in [0.5, 0.6) is 0 Å². The molecule has 1 aromatic carbocycles. The molecule has 2 heterocycles. The van der Waals surface area contributed by atoms with Crippen molar-refractivity contribution in [2.75, 3.05) is 7.11 Å². The van der Waals surface area contributed by atoms with E-state index in [4.69, 9.17) is 4.74 Å². The minimum atomic E-state index is -0.119. The van der Waals surface area contributed by atoms with E-state index in [9.17, 15) is 4.79 Å². The van der Waals surface area contributed by atoms with Crippen LogP contribution >= 0.6 is 0 Å². The van der Waals surface area contributed by atoms with E-state index < -0.39 is 0 Å². The van der Waals surface area contributed by atoms with Gasteiger partial charge in [-0.3, -0.25) is 9.78 Å². The first kappa shape index (κ1) is 15.6. The molecule has 0 bridgehead atoms. The molecule has 1 fully saturated rings. The average molecular weight is 312 g/mol. The highest BCUT2D eigenvalue weighted by Gasteiger charge is 2.26. The summed E-state index contributed by atoms with van der Waals surface area (Å²) in [6.45, 7) is 0.495. The third-order valence-corrected chi connectivity index (χ3v) is 3.82. The van der Waals surface area contributed by atoms with Crippen LogP contribution in [0, 0.1) is 0 Å². The monoisotopic (exact) mass is 312 g/mol. The zero-order valence-electron chi connectivity index (χ0n) is 13.0. The predicted octanol–water partition coefficient (Wildman–Crippen LogP) is 1.52. The number of carbonyl (C=O) groups is 1. The van der Waals surface area contributed by atoms with Gasteiger partial charge in [-0.2, -0.15) is 0 Å². The molecule has 120 valence electrons. The molecule has 0 aliphatic carbocycles. The van der Waals surface area contributed by atoms with E-state index in [1.54, 1.807) is 25.6 Å². The molecular formula is C17H20N4O2. The summed E-state index contributed by atoms with van der Waals surface area (Å²) >= 11 is 0. The second-order valence-electron chi connectivity index (χ2n) is 5.52. The Bertz CT molecular complexity index is 663. The summed E-state index contributed by atoms with van der Waals surface area (Å²) in [7, 11) is 1.64. The maximum absolute atomic E-state index is 12.4. The van der Waals surface area contributed by atoms with Crippen LogP contribution in [0.15, 0.2) is 48.8 Å². The lowest BCUT2D eigenvalue weighted by atomic mass is 10.1. The highest BCUT2D eigenvalue weighted by Crippen LogP contribution is 2.20. The zero-order chi connectivity index (χ0) is 16.1. The number of rotatable bonds is 5. The SMILES string of the molecule is COCc1cccc(C(=O)NC2CC(c3ccncc3)NN2)c1. The topological polar surface area (TPSA) is 75.3 Å². The maximum Gasteiger partial charge on any atom is 0.252 e. The Kier molecular flexibility index (Phi) is 4.97. The number of hydrogen-bond acceptors (Lipinski definition) is 5. The molecule has 23 heavy (non-hydrogen) atoms. The third kappa shape index (κ3) is 3.92. The summed E-state index contributed by atoms with van der Waals surface area (Å²) in [6.07, 6.45) is 4.19. The van der Waals surface area contributed by atoms with Crippen molar-refractivity contribution in [3.05, 3.63) is 65.5 Å². The quantitative estimate of drug-likeness (QED) is 0.780. The molecule has 2 atom stereocenters. The fraction of sp³-hybridized carbons (Fsp3) is 0.294. The number of nitrogens with zero attached hydrogens (tertiary/aromatic N) is 1. The second kappa shape index (κ2) is 7.32. The zero-order valence-corrected chi connectivity index (χ0v) is 13.0. The van der Waals surface area contributed by atoms with Gasteiger partial charge in [-0.1, -0.05) is 12.1 Å². The van der Waals surface area contributed by atoms with E-state index in [0.29, 0.717) is 12.2 Å². The maximum atomic E-state index is 12.4. The summed E-state index contributed by atoms with van der Waals surface area (Å²) < 4.78 is 5.10. The van der Waals surface area contributed by atoms with E-state index in [0.717, 1.165) is 17.5 Å². The number of methoxy groups -OCH3 is 1. The summed E-state index contributed by atoms with van der Waals surface area (Å²) in [5.74, 6) is -0.0994. The van der Waals surface area contributed by atoms with Gasteiger partial charge in [0.1, 0.15) is 0 Å². The van der Waals surface area contributed by atoms with Crippen molar-refractivity contribution < 1.29 is 9.53 Å². The molecule has 6 nitrogen and oxygen atoms in total. The normalized spacial score (nSPS) is 20.4. The minimum Gasteiger partial charge on any atom is -0.380 e. The van der Waals surface area contributed by atoms with Crippen molar-refractivity contribution in [3.8, 4) is 0 Å². The fourth-order valence-electron chi connectivity index (χ4n) is 2.68. The lowest BCUT2D eigenvalue weighted by Crippen LogP contribution is -2.44. The van der Waals surface area contributed by atoms with Gasteiger partial charge in [-0.15, -0.1) is 0 Å². The highest BCUT2D eigenvalue weighted by atomic mass is 16.5. The number of ether oxygens (including phenoxy) is 1. The van der Waals surface area contributed by atoms with Crippen LogP contribution in [0.4, 0.5) is 0 Å². The molecule has 3 rings (SSSR count). The van der Waals surface area contributed by atoms with Gasteiger partial charge in [0, 0.05) is 37.5 Å². The van der Waals surface area contributed by atoms with E-state index in [1.165, 1.54) is 0 Å². The molecule has 1 aliphatic rings. The van der Waals surface area contributed by atoms with Crippen LogP contribution in [0.1, 0.15) is 33.9 Å². The number of hydrogen-bond donors (Lipinski definition) is 3. The summed E-state index contributed by atoms with van der Waals surface area (Å²) in [6, 6.07) is 11.6. The lowest BCUT2D eigenvalue weighted by Gasteiger charge is -2.13. The molecule has 3 N–H and O–H groups in total. The first-order valence-electron chi connectivity index (χ1n) is 7.56. The van der Waals surface area contributed by atoms with Crippen molar-refractivity contribution >= 4 is 5.91 Å². The first-order valence-corrected chi connectivity index (χ1v) is 7.56. The van der Waals surface area contributed by atoms with Crippen LogP contribution in [0.2, 0.25) is 0 Å². The smallest absolute Gasteiger partial charge is 0.252 e. The number of carbonyl (C=O) groups excluding carboxylic acids is 1. The minimum absolute atomic E-state index is 0.0994. The fourth-order valence-corrected chi connectivity index (χ4v) is 2.68. The van der Waals surface area contributed by atoms with Gasteiger partial charge >= 0.3 is 0 Å². The van der Waals surface area contributed by atoms with Crippen LogP contribution in [-0.4, -0.2) is 24.2 Å². The van der Waals surface area contributed by atoms with Crippen LogP contribution in [0.3, 0.4) is 0 Å². The number of pyridine rings is 1. The Morgan fingerprint density at radius 1 is 1.30 bits per heavy atom. The second-order valence-corrected chi connectivity index (χ2v) is 5.52. The Morgan fingerprint density at radius 2 is 2.13 bits per heavy atom. The van der Waals surface area contributed by atoms with E-state index in [-0.39, 0.29) is 18.1 Å². The Balaban J connectivity index is 1.60. The molecule has 6 heteroatoms. The number of benzene rings is 1. The molecule has 1 amide bonds. The molecular weight excluding hydrogens is 292 g/mol. The van der Waals surface area contributed by atoms with Gasteiger partial charge in [0.05, 0.1) is 12.8 Å². The molecule has 0 radical (unpaired) electrons. The van der Waals surface area contributed by atoms with Crippen molar-refractivity contribution in [2.45, 2.75) is 25.2 Å². The standard InChI is InChI=1S/C17H20N4O2/c1-23-11-12-3-2-4-14(9-12)17(22)19-16-10-15(20-21-16)13-5-7-18-8-6-13/h2-9,15-16,20-21H,10-11H2,1H3,(H,19,22). The first-order chi connectivity index (χ1) is 11.3. The van der Waals surface area contributed by atoms with Gasteiger partial charge in [0.2, 0.25) is 0 Å². The number of amides is 1. The van der Waals surface area contributed by atoms with E-state index in [2.05, 4.69) is 21.2 Å². The molecule has 0 spiro atoms. The van der Waals surface area contributed by atoms with Crippen molar-refractivity contribution in [1.29, 1.82) is 0 Å².